The number of rotatable bonds is 3. The largest absolute Gasteiger partial charge is 0.383 e. The van der Waals surface area contributed by atoms with Gasteiger partial charge in [0.1, 0.15) is 5.15 Å². The molecule has 0 unspecified atom stereocenters. The fourth-order valence-corrected chi connectivity index (χ4v) is 2.71. The van der Waals surface area contributed by atoms with Gasteiger partial charge in [-0.05, 0) is 43.2 Å². The van der Waals surface area contributed by atoms with Gasteiger partial charge in [0.2, 0.25) is 0 Å². The van der Waals surface area contributed by atoms with E-state index >= 15 is 0 Å². The van der Waals surface area contributed by atoms with Gasteiger partial charge in [-0.25, -0.2) is 4.98 Å². The van der Waals surface area contributed by atoms with Crippen LogP contribution in [0.4, 0.5) is 5.69 Å². The summed E-state index contributed by atoms with van der Waals surface area (Å²) in [5.41, 5.74) is 2.29. The number of aryl methyl sites for hydroxylation is 1. The van der Waals surface area contributed by atoms with Gasteiger partial charge in [-0.3, -0.25) is 0 Å². The second-order valence-corrected chi connectivity index (χ2v) is 5.72. The minimum atomic E-state index is 0.569. The minimum absolute atomic E-state index is 0.569. The topological polar surface area (TPSA) is 24.9 Å². The SMILES string of the molecule is Cc1cc(Cl)ncc1NCC1CCC(C)CC1. The van der Waals surface area contributed by atoms with Crippen molar-refractivity contribution in [3.63, 3.8) is 0 Å². The zero-order valence-electron chi connectivity index (χ0n) is 10.7. The molecular formula is C14H21ClN2. The second kappa shape index (κ2) is 5.72. The van der Waals surface area contributed by atoms with Crippen LogP contribution in [0.15, 0.2) is 12.3 Å². The Morgan fingerprint density at radius 2 is 2.06 bits per heavy atom. The quantitative estimate of drug-likeness (QED) is 0.813. The summed E-state index contributed by atoms with van der Waals surface area (Å²) in [5.74, 6) is 1.74. The van der Waals surface area contributed by atoms with Crippen molar-refractivity contribution in [3.05, 3.63) is 23.0 Å². The third-order valence-electron chi connectivity index (χ3n) is 3.79. The van der Waals surface area contributed by atoms with E-state index in [0.717, 1.165) is 24.1 Å². The molecule has 1 fully saturated rings. The summed E-state index contributed by atoms with van der Waals surface area (Å²) in [4.78, 5) is 4.12. The van der Waals surface area contributed by atoms with Gasteiger partial charge < -0.3 is 5.32 Å². The summed E-state index contributed by atoms with van der Waals surface area (Å²) >= 11 is 5.84. The fourth-order valence-electron chi connectivity index (χ4n) is 2.49. The van der Waals surface area contributed by atoms with Gasteiger partial charge in [0.05, 0.1) is 11.9 Å². The van der Waals surface area contributed by atoms with Crippen molar-refractivity contribution < 1.29 is 0 Å². The zero-order valence-corrected chi connectivity index (χ0v) is 11.4. The van der Waals surface area contributed by atoms with Crippen LogP contribution in [0, 0.1) is 18.8 Å². The molecule has 0 radical (unpaired) electrons. The monoisotopic (exact) mass is 252 g/mol. The summed E-state index contributed by atoms with van der Waals surface area (Å²) in [7, 11) is 0. The summed E-state index contributed by atoms with van der Waals surface area (Å²) in [6, 6.07) is 1.91. The van der Waals surface area contributed by atoms with E-state index in [1.165, 1.54) is 31.2 Å². The molecule has 94 valence electrons. The van der Waals surface area contributed by atoms with Crippen LogP contribution in [0.25, 0.3) is 0 Å². The fraction of sp³-hybridized carbons (Fsp3) is 0.643. The van der Waals surface area contributed by atoms with E-state index in [9.17, 15) is 0 Å². The first-order valence-corrected chi connectivity index (χ1v) is 6.89. The molecule has 0 saturated heterocycles. The van der Waals surface area contributed by atoms with Crippen molar-refractivity contribution in [2.75, 3.05) is 11.9 Å². The number of pyridine rings is 1. The van der Waals surface area contributed by atoms with Crippen molar-refractivity contribution in [1.29, 1.82) is 0 Å². The number of aromatic nitrogens is 1. The Kier molecular flexibility index (Phi) is 4.27. The highest BCUT2D eigenvalue weighted by molar-refractivity contribution is 6.29. The molecule has 2 rings (SSSR count). The van der Waals surface area contributed by atoms with E-state index in [2.05, 4.69) is 24.1 Å². The van der Waals surface area contributed by atoms with Gasteiger partial charge in [0, 0.05) is 6.54 Å². The van der Waals surface area contributed by atoms with Gasteiger partial charge in [-0.1, -0.05) is 31.4 Å². The number of hydrogen-bond acceptors (Lipinski definition) is 2. The molecule has 1 aromatic rings. The van der Waals surface area contributed by atoms with E-state index < -0.39 is 0 Å². The lowest BCUT2D eigenvalue weighted by Gasteiger charge is -2.26. The van der Waals surface area contributed by atoms with Gasteiger partial charge >= 0.3 is 0 Å². The highest BCUT2D eigenvalue weighted by Crippen LogP contribution is 2.28. The average Bonchev–Trinajstić information content (AvgIpc) is 2.30. The van der Waals surface area contributed by atoms with E-state index in [4.69, 9.17) is 11.6 Å². The zero-order chi connectivity index (χ0) is 12.3. The van der Waals surface area contributed by atoms with Crippen molar-refractivity contribution >= 4 is 17.3 Å². The van der Waals surface area contributed by atoms with Crippen LogP contribution in [0.5, 0.6) is 0 Å². The predicted octanol–water partition coefficient (Wildman–Crippen LogP) is 4.28. The van der Waals surface area contributed by atoms with Crippen LogP contribution >= 0.6 is 11.6 Å². The van der Waals surface area contributed by atoms with Gasteiger partial charge in [0.25, 0.3) is 0 Å². The van der Waals surface area contributed by atoms with Gasteiger partial charge in [-0.15, -0.1) is 0 Å². The van der Waals surface area contributed by atoms with Gasteiger partial charge in [0.15, 0.2) is 0 Å². The molecule has 0 aliphatic heterocycles. The predicted molar refractivity (Wildman–Crippen MR) is 73.6 cm³/mol. The lowest BCUT2D eigenvalue weighted by molar-refractivity contribution is 0.300. The number of hydrogen-bond donors (Lipinski definition) is 1. The highest BCUT2D eigenvalue weighted by atomic mass is 35.5. The molecule has 0 spiro atoms. The van der Waals surface area contributed by atoms with Crippen LogP contribution < -0.4 is 5.32 Å². The van der Waals surface area contributed by atoms with Crippen LogP contribution in [0.1, 0.15) is 38.2 Å². The lowest BCUT2D eigenvalue weighted by Crippen LogP contribution is -2.20. The molecule has 0 aromatic carbocycles. The van der Waals surface area contributed by atoms with Crippen LogP contribution in [-0.4, -0.2) is 11.5 Å². The maximum atomic E-state index is 5.84. The van der Waals surface area contributed by atoms with Crippen LogP contribution in [0.2, 0.25) is 5.15 Å². The third kappa shape index (κ3) is 3.60. The first-order chi connectivity index (χ1) is 8.15. The minimum Gasteiger partial charge on any atom is -0.383 e. The van der Waals surface area contributed by atoms with E-state index in [1.54, 1.807) is 0 Å². The standard InChI is InChI=1S/C14H21ClN2/c1-10-3-5-12(6-4-10)8-16-13-9-17-14(15)7-11(13)2/h7,9-10,12,16H,3-6,8H2,1-2H3. The number of nitrogens with zero attached hydrogens (tertiary/aromatic N) is 1. The molecule has 2 nitrogen and oxygen atoms in total. The van der Waals surface area contributed by atoms with Crippen molar-refractivity contribution in [1.82, 2.24) is 4.98 Å². The first kappa shape index (κ1) is 12.7. The van der Waals surface area contributed by atoms with E-state index in [-0.39, 0.29) is 0 Å². The number of anilines is 1. The Labute approximate surface area is 109 Å². The Bertz CT molecular complexity index is 370. The van der Waals surface area contributed by atoms with E-state index in [0.29, 0.717) is 5.15 Å². The molecule has 0 amide bonds. The molecule has 1 aromatic heterocycles. The van der Waals surface area contributed by atoms with Crippen molar-refractivity contribution in [2.45, 2.75) is 39.5 Å². The third-order valence-corrected chi connectivity index (χ3v) is 4.00. The molecule has 0 atom stereocenters. The van der Waals surface area contributed by atoms with Gasteiger partial charge in [-0.2, -0.15) is 0 Å². The Hall–Kier alpha value is -0.760. The lowest BCUT2D eigenvalue weighted by atomic mass is 9.83. The van der Waals surface area contributed by atoms with Crippen molar-refractivity contribution in [2.24, 2.45) is 11.8 Å². The molecular weight excluding hydrogens is 232 g/mol. The normalized spacial score (nSPS) is 24.6. The average molecular weight is 253 g/mol. The molecule has 1 aliphatic carbocycles. The summed E-state index contributed by atoms with van der Waals surface area (Å²) in [6.07, 6.45) is 7.31. The second-order valence-electron chi connectivity index (χ2n) is 5.33. The van der Waals surface area contributed by atoms with Crippen LogP contribution in [-0.2, 0) is 0 Å². The number of halogens is 1. The molecule has 1 N–H and O–H groups in total. The molecule has 1 saturated carbocycles. The van der Waals surface area contributed by atoms with Crippen LogP contribution in [0.3, 0.4) is 0 Å². The molecule has 0 bridgehead atoms. The summed E-state index contributed by atoms with van der Waals surface area (Å²) in [5, 5.41) is 4.07. The van der Waals surface area contributed by atoms with E-state index in [1.807, 2.05) is 12.3 Å². The smallest absolute Gasteiger partial charge is 0.129 e. The highest BCUT2D eigenvalue weighted by Gasteiger charge is 2.17. The Morgan fingerprint density at radius 1 is 1.35 bits per heavy atom. The number of nitrogens with one attached hydrogen (secondary N) is 1. The molecule has 1 aliphatic rings. The summed E-state index contributed by atoms with van der Waals surface area (Å²) in [6.45, 7) is 5.49. The maximum Gasteiger partial charge on any atom is 0.129 e. The maximum absolute atomic E-state index is 5.84. The summed E-state index contributed by atoms with van der Waals surface area (Å²) < 4.78 is 0. The molecule has 3 heteroatoms. The Morgan fingerprint density at radius 3 is 2.71 bits per heavy atom. The first-order valence-electron chi connectivity index (χ1n) is 6.51. The van der Waals surface area contributed by atoms with Crippen molar-refractivity contribution in [3.8, 4) is 0 Å². The molecule has 17 heavy (non-hydrogen) atoms. The Balaban J connectivity index is 1.85. The molecule has 1 heterocycles.